The normalized spacial score (nSPS) is 11.4. The van der Waals surface area contributed by atoms with Crippen molar-refractivity contribution in [1.82, 2.24) is 15.1 Å². The van der Waals surface area contributed by atoms with Gasteiger partial charge in [0.2, 0.25) is 0 Å². The molecule has 18 heavy (non-hydrogen) atoms. The van der Waals surface area contributed by atoms with E-state index in [1.165, 1.54) is 4.90 Å². The molecule has 0 aliphatic carbocycles. The minimum absolute atomic E-state index is 0.141. The van der Waals surface area contributed by atoms with Gasteiger partial charge in [0.05, 0.1) is 12.5 Å². The largest absolute Gasteiger partial charge is 0.369 e. The summed E-state index contributed by atoms with van der Waals surface area (Å²) in [5.74, 6) is 0.412. The van der Waals surface area contributed by atoms with Crippen LogP contribution in [0, 0.1) is 11.3 Å². The summed E-state index contributed by atoms with van der Waals surface area (Å²) in [6.45, 7) is 4.53. The first-order chi connectivity index (χ1) is 8.60. The van der Waals surface area contributed by atoms with Gasteiger partial charge in [-0.1, -0.05) is 0 Å². The van der Waals surface area contributed by atoms with Crippen molar-refractivity contribution in [2.75, 3.05) is 18.9 Å². The number of nitriles is 1. The molecule has 1 amide bonds. The lowest BCUT2D eigenvalue weighted by Gasteiger charge is -2.22. The second-order valence-electron chi connectivity index (χ2n) is 3.96. The number of carbonyl (C=O) groups is 1. The van der Waals surface area contributed by atoms with Gasteiger partial charge in [0.1, 0.15) is 5.82 Å². The zero-order valence-electron chi connectivity index (χ0n) is 10.8. The first-order valence-electron chi connectivity index (χ1n) is 5.81. The molecule has 6 heteroatoms. The van der Waals surface area contributed by atoms with Gasteiger partial charge in [-0.05, 0) is 26.0 Å². The molecule has 1 heterocycles. The van der Waals surface area contributed by atoms with E-state index in [1.54, 1.807) is 19.2 Å². The molecule has 0 saturated carbocycles. The lowest BCUT2D eigenvalue weighted by atomic mass is 10.2. The smallest absolute Gasteiger partial charge is 0.274 e. The molecule has 0 bridgehead atoms. The van der Waals surface area contributed by atoms with Gasteiger partial charge in [0.25, 0.3) is 5.91 Å². The molecule has 0 saturated heterocycles. The Morgan fingerprint density at radius 2 is 2.28 bits per heavy atom. The number of amides is 1. The van der Waals surface area contributed by atoms with Crippen molar-refractivity contribution in [2.45, 2.75) is 26.3 Å². The molecule has 0 fully saturated rings. The Labute approximate surface area is 107 Å². The monoisotopic (exact) mass is 247 g/mol. The molecule has 96 valence electrons. The number of hydrogen-bond donors (Lipinski definition) is 1. The fraction of sp³-hybridized carbons (Fsp3) is 0.500. The van der Waals surface area contributed by atoms with E-state index < -0.39 is 0 Å². The Morgan fingerprint density at radius 1 is 1.56 bits per heavy atom. The number of nitrogens with zero attached hydrogens (tertiary/aromatic N) is 4. The third kappa shape index (κ3) is 3.42. The SMILES string of the molecule is CCNc1ccc(C(=O)N(C)C(C)CC#N)nn1. The number of anilines is 1. The number of hydrogen-bond acceptors (Lipinski definition) is 5. The Balaban J connectivity index is 2.75. The zero-order chi connectivity index (χ0) is 13.5. The van der Waals surface area contributed by atoms with Gasteiger partial charge in [-0.3, -0.25) is 4.79 Å². The maximum atomic E-state index is 12.0. The van der Waals surface area contributed by atoms with Gasteiger partial charge in [-0.2, -0.15) is 5.26 Å². The van der Waals surface area contributed by atoms with Crippen LogP contribution < -0.4 is 5.32 Å². The summed E-state index contributed by atoms with van der Waals surface area (Å²) in [4.78, 5) is 13.5. The zero-order valence-corrected chi connectivity index (χ0v) is 10.8. The lowest BCUT2D eigenvalue weighted by molar-refractivity contribution is 0.0739. The van der Waals surface area contributed by atoms with E-state index in [2.05, 4.69) is 15.5 Å². The van der Waals surface area contributed by atoms with Crippen LogP contribution in [0.5, 0.6) is 0 Å². The van der Waals surface area contributed by atoms with E-state index >= 15 is 0 Å². The summed E-state index contributed by atoms with van der Waals surface area (Å²) in [7, 11) is 1.66. The van der Waals surface area contributed by atoms with Crippen LogP contribution in [0.4, 0.5) is 5.82 Å². The van der Waals surface area contributed by atoms with Crippen LogP contribution in [0.25, 0.3) is 0 Å². The van der Waals surface area contributed by atoms with Gasteiger partial charge in [-0.25, -0.2) is 0 Å². The minimum atomic E-state index is -0.228. The van der Waals surface area contributed by atoms with Crippen molar-refractivity contribution in [2.24, 2.45) is 0 Å². The predicted octanol–water partition coefficient (Wildman–Crippen LogP) is 1.28. The van der Waals surface area contributed by atoms with Gasteiger partial charge >= 0.3 is 0 Å². The molecule has 0 aliphatic rings. The van der Waals surface area contributed by atoms with Crippen molar-refractivity contribution in [3.63, 3.8) is 0 Å². The predicted molar refractivity (Wildman–Crippen MR) is 68.0 cm³/mol. The topological polar surface area (TPSA) is 81.9 Å². The Hall–Kier alpha value is -2.16. The standard InChI is InChI=1S/C12H17N5O/c1-4-14-11-6-5-10(15-16-11)12(18)17(3)9(2)7-8-13/h5-6,9H,4,7H2,1-3H3,(H,14,16). The maximum absolute atomic E-state index is 12.0. The van der Waals surface area contributed by atoms with E-state index in [0.29, 0.717) is 12.2 Å². The number of carbonyl (C=O) groups excluding carboxylic acids is 1. The highest BCUT2D eigenvalue weighted by molar-refractivity contribution is 5.92. The summed E-state index contributed by atoms with van der Waals surface area (Å²) in [6, 6.07) is 5.24. The summed E-state index contributed by atoms with van der Waals surface area (Å²) in [5.41, 5.74) is 0.281. The second kappa shape index (κ2) is 6.55. The molecule has 1 unspecified atom stereocenters. The Kier molecular flexibility index (Phi) is 5.06. The van der Waals surface area contributed by atoms with E-state index in [1.807, 2.05) is 19.9 Å². The molecule has 1 rings (SSSR count). The lowest BCUT2D eigenvalue weighted by Crippen LogP contribution is -2.35. The van der Waals surface area contributed by atoms with Crippen LogP contribution in [0.15, 0.2) is 12.1 Å². The summed E-state index contributed by atoms with van der Waals surface area (Å²) in [5, 5.41) is 19.4. The molecular formula is C12H17N5O. The van der Waals surface area contributed by atoms with Gasteiger partial charge in [0, 0.05) is 19.6 Å². The molecule has 0 aliphatic heterocycles. The highest BCUT2D eigenvalue weighted by Gasteiger charge is 2.18. The van der Waals surface area contributed by atoms with Crippen LogP contribution in [0.3, 0.4) is 0 Å². The molecule has 1 aromatic rings. The fourth-order valence-corrected chi connectivity index (χ4v) is 1.37. The van der Waals surface area contributed by atoms with Crippen LogP contribution in [-0.4, -0.2) is 40.6 Å². The summed E-state index contributed by atoms with van der Waals surface area (Å²) < 4.78 is 0. The molecule has 0 spiro atoms. The molecular weight excluding hydrogens is 230 g/mol. The molecule has 0 aromatic carbocycles. The van der Waals surface area contributed by atoms with E-state index in [4.69, 9.17) is 5.26 Å². The number of aromatic nitrogens is 2. The van der Waals surface area contributed by atoms with Crippen LogP contribution in [0.1, 0.15) is 30.8 Å². The fourth-order valence-electron chi connectivity index (χ4n) is 1.37. The van der Waals surface area contributed by atoms with Crippen molar-refractivity contribution >= 4 is 11.7 Å². The van der Waals surface area contributed by atoms with Gasteiger partial charge < -0.3 is 10.2 Å². The third-order valence-electron chi connectivity index (χ3n) is 2.61. The third-order valence-corrected chi connectivity index (χ3v) is 2.61. The van der Waals surface area contributed by atoms with E-state index in [0.717, 1.165) is 6.54 Å². The highest BCUT2D eigenvalue weighted by Crippen LogP contribution is 2.08. The Bertz CT molecular complexity index is 437. The van der Waals surface area contributed by atoms with Crippen molar-refractivity contribution in [3.05, 3.63) is 17.8 Å². The van der Waals surface area contributed by atoms with Gasteiger partial charge in [0.15, 0.2) is 5.69 Å². The minimum Gasteiger partial charge on any atom is -0.369 e. The van der Waals surface area contributed by atoms with Crippen LogP contribution >= 0.6 is 0 Å². The average Bonchev–Trinajstić information content (AvgIpc) is 2.38. The average molecular weight is 247 g/mol. The Morgan fingerprint density at radius 3 is 2.78 bits per heavy atom. The first-order valence-corrected chi connectivity index (χ1v) is 5.81. The molecule has 1 atom stereocenters. The van der Waals surface area contributed by atoms with Gasteiger partial charge in [-0.15, -0.1) is 10.2 Å². The highest BCUT2D eigenvalue weighted by atomic mass is 16.2. The molecule has 6 nitrogen and oxygen atoms in total. The van der Waals surface area contributed by atoms with E-state index in [9.17, 15) is 4.79 Å². The van der Waals surface area contributed by atoms with Crippen molar-refractivity contribution in [1.29, 1.82) is 5.26 Å². The maximum Gasteiger partial charge on any atom is 0.274 e. The summed E-state index contributed by atoms with van der Waals surface area (Å²) in [6.07, 6.45) is 0.297. The van der Waals surface area contributed by atoms with Crippen LogP contribution in [-0.2, 0) is 0 Å². The molecule has 1 N–H and O–H groups in total. The number of nitrogens with one attached hydrogen (secondary N) is 1. The van der Waals surface area contributed by atoms with Crippen molar-refractivity contribution in [3.8, 4) is 6.07 Å². The number of rotatable bonds is 5. The molecule has 1 aromatic heterocycles. The molecule has 0 radical (unpaired) electrons. The van der Waals surface area contributed by atoms with E-state index in [-0.39, 0.29) is 17.6 Å². The first kappa shape index (κ1) is 13.9. The quantitative estimate of drug-likeness (QED) is 0.847. The van der Waals surface area contributed by atoms with Crippen molar-refractivity contribution < 1.29 is 4.79 Å². The summed E-state index contributed by atoms with van der Waals surface area (Å²) >= 11 is 0. The van der Waals surface area contributed by atoms with Crippen LogP contribution in [0.2, 0.25) is 0 Å². The second-order valence-corrected chi connectivity index (χ2v) is 3.96.